The van der Waals surface area contributed by atoms with Crippen molar-refractivity contribution in [3.05, 3.63) is 58.1 Å². The van der Waals surface area contributed by atoms with Crippen LogP contribution in [0.5, 0.6) is 5.75 Å². The van der Waals surface area contributed by atoms with Crippen molar-refractivity contribution >= 4 is 33.4 Å². The lowest BCUT2D eigenvalue weighted by molar-refractivity contribution is -0.137. The molecule has 0 N–H and O–H groups in total. The first-order valence-corrected chi connectivity index (χ1v) is 11.9. The zero-order valence-corrected chi connectivity index (χ0v) is 20.1. The maximum absolute atomic E-state index is 13.9. The molecule has 5 rings (SSSR count). The fourth-order valence-corrected chi connectivity index (χ4v) is 6.24. The van der Waals surface area contributed by atoms with E-state index in [-0.39, 0.29) is 6.61 Å². The Morgan fingerprint density at radius 1 is 1.17 bits per heavy atom. The molecule has 3 aliphatic heterocycles. The first kappa shape index (κ1) is 23.8. The number of ether oxygens (including phenoxy) is 2. The van der Waals surface area contributed by atoms with Crippen LogP contribution >= 0.6 is 15.9 Å². The molecule has 35 heavy (non-hydrogen) atoms. The number of benzene rings is 2. The van der Waals surface area contributed by atoms with Gasteiger partial charge in [0.05, 0.1) is 52.5 Å². The number of carbonyl (C=O) groups is 2. The van der Waals surface area contributed by atoms with Gasteiger partial charge in [-0.1, -0.05) is 28.1 Å². The zero-order valence-electron chi connectivity index (χ0n) is 18.6. The number of rotatable bonds is 5. The molecule has 2 aromatic carbocycles. The molecule has 4 unspecified atom stereocenters. The number of amides is 2. The van der Waals surface area contributed by atoms with Gasteiger partial charge in [-0.15, -0.1) is 0 Å². The second kappa shape index (κ2) is 8.07. The van der Waals surface area contributed by atoms with Crippen LogP contribution in [0.4, 0.5) is 18.9 Å². The van der Waals surface area contributed by atoms with Gasteiger partial charge in [0, 0.05) is 10.9 Å². The van der Waals surface area contributed by atoms with Crippen LogP contribution in [-0.2, 0) is 20.5 Å². The summed E-state index contributed by atoms with van der Waals surface area (Å²) < 4.78 is 54.8. The number of alkyl halides is 3. The molecule has 4 atom stereocenters. The number of nitriles is 1. The van der Waals surface area contributed by atoms with Crippen LogP contribution < -0.4 is 9.64 Å². The number of carbonyl (C=O) groups excluding carboxylic acids is 2. The number of nitrogens with zero attached hydrogens (tertiary/aromatic N) is 2. The maximum atomic E-state index is 13.9. The van der Waals surface area contributed by atoms with Crippen molar-refractivity contribution in [1.29, 1.82) is 5.26 Å². The molecular weight excluding hydrogens is 529 g/mol. The Morgan fingerprint density at radius 2 is 1.89 bits per heavy atom. The smallest absolute Gasteiger partial charge is 0.419 e. The van der Waals surface area contributed by atoms with Gasteiger partial charge in [0.25, 0.3) is 0 Å². The Labute approximate surface area is 207 Å². The van der Waals surface area contributed by atoms with Crippen molar-refractivity contribution < 1.29 is 32.2 Å². The summed E-state index contributed by atoms with van der Waals surface area (Å²) in [6, 6.07) is 12.1. The minimum absolute atomic E-state index is 0.203. The number of fused-ring (bicyclic) bond motifs is 5. The highest BCUT2D eigenvalue weighted by molar-refractivity contribution is 9.10. The van der Waals surface area contributed by atoms with Crippen LogP contribution in [0.1, 0.15) is 37.3 Å². The molecule has 0 saturated carbocycles. The molecule has 10 heteroatoms. The summed E-state index contributed by atoms with van der Waals surface area (Å²) in [4.78, 5) is 27.7. The Bertz CT molecular complexity index is 1280. The molecule has 2 aromatic rings. The van der Waals surface area contributed by atoms with E-state index < -0.39 is 57.8 Å². The molecule has 3 aliphatic rings. The molecule has 182 valence electrons. The molecule has 3 fully saturated rings. The first-order chi connectivity index (χ1) is 16.5. The third-order valence-corrected chi connectivity index (χ3v) is 7.78. The minimum Gasteiger partial charge on any atom is -0.493 e. The lowest BCUT2D eigenvalue weighted by atomic mass is 9.67. The molecule has 3 heterocycles. The van der Waals surface area contributed by atoms with Crippen LogP contribution in [0.15, 0.2) is 46.9 Å². The van der Waals surface area contributed by atoms with Gasteiger partial charge in [0.2, 0.25) is 11.8 Å². The minimum atomic E-state index is -4.92. The Hall–Kier alpha value is -2.90. The lowest BCUT2D eigenvalue weighted by Crippen LogP contribution is -2.43. The van der Waals surface area contributed by atoms with Gasteiger partial charge in [-0.2, -0.15) is 18.4 Å². The highest BCUT2D eigenvalue weighted by atomic mass is 79.9. The maximum Gasteiger partial charge on any atom is 0.419 e. The van der Waals surface area contributed by atoms with E-state index in [2.05, 4.69) is 15.9 Å². The summed E-state index contributed by atoms with van der Waals surface area (Å²) in [6.45, 7) is 1.94. The zero-order chi connectivity index (χ0) is 25.2. The molecule has 3 saturated heterocycles. The molecule has 0 radical (unpaired) electrons. The Morgan fingerprint density at radius 3 is 2.57 bits per heavy atom. The van der Waals surface area contributed by atoms with Gasteiger partial charge in [-0.25, -0.2) is 4.90 Å². The van der Waals surface area contributed by atoms with E-state index in [9.17, 15) is 28.0 Å². The third kappa shape index (κ3) is 3.64. The quantitative estimate of drug-likeness (QED) is 0.477. The SMILES string of the molecule is CC12CCC(CCOc3cccc(Br)c3)(O1)C1C(=O)N(c3cccc(C#N)c3C(F)(F)F)C(=O)C12. The van der Waals surface area contributed by atoms with E-state index in [4.69, 9.17) is 9.47 Å². The Balaban J connectivity index is 1.48. The van der Waals surface area contributed by atoms with Crippen molar-refractivity contribution in [3.8, 4) is 11.8 Å². The van der Waals surface area contributed by atoms with E-state index in [0.29, 0.717) is 29.9 Å². The number of hydrogen-bond donors (Lipinski definition) is 0. The van der Waals surface area contributed by atoms with Gasteiger partial charge >= 0.3 is 6.18 Å². The number of halogens is 4. The van der Waals surface area contributed by atoms with Gasteiger partial charge in [0.1, 0.15) is 5.75 Å². The van der Waals surface area contributed by atoms with Crippen molar-refractivity contribution in [2.24, 2.45) is 11.8 Å². The van der Waals surface area contributed by atoms with E-state index in [0.717, 1.165) is 16.6 Å². The molecule has 0 spiro atoms. The topological polar surface area (TPSA) is 79.6 Å². The van der Waals surface area contributed by atoms with Crippen molar-refractivity contribution in [1.82, 2.24) is 0 Å². The van der Waals surface area contributed by atoms with Crippen LogP contribution in [0, 0.1) is 23.2 Å². The summed E-state index contributed by atoms with van der Waals surface area (Å²) in [6.07, 6.45) is -3.63. The number of anilines is 1. The van der Waals surface area contributed by atoms with Crippen LogP contribution in [0.25, 0.3) is 0 Å². The summed E-state index contributed by atoms with van der Waals surface area (Å²) in [5.41, 5.74) is -4.51. The summed E-state index contributed by atoms with van der Waals surface area (Å²) in [5, 5.41) is 9.25. The van der Waals surface area contributed by atoms with Gasteiger partial charge in [0.15, 0.2) is 0 Å². The van der Waals surface area contributed by atoms with Crippen molar-refractivity contribution in [2.75, 3.05) is 11.5 Å². The van der Waals surface area contributed by atoms with E-state index >= 15 is 0 Å². The van der Waals surface area contributed by atoms with E-state index in [1.54, 1.807) is 19.1 Å². The monoisotopic (exact) mass is 548 g/mol. The third-order valence-electron chi connectivity index (χ3n) is 7.29. The molecule has 0 aliphatic carbocycles. The molecule has 2 amide bonds. The highest BCUT2D eigenvalue weighted by Gasteiger charge is 2.74. The predicted octanol–water partition coefficient (Wildman–Crippen LogP) is 5.24. The van der Waals surface area contributed by atoms with Gasteiger partial charge in [-0.05, 0) is 50.1 Å². The molecular formula is C25H20BrF3N2O4. The predicted molar refractivity (Wildman–Crippen MR) is 121 cm³/mol. The standard InChI is InChI=1S/C25H20BrF3N2O4/c1-23-8-9-24(35-23,10-11-34-16-6-3-5-15(26)12-16)20-19(23)21(32)31(22(20)33)17-7-2-4-14(13-30)18(17)25(27,28)29/h2-7,12,19-20H,8-11H2,1H3. The summed E-state index contributed by atoms with van der Waals surface area (Å²) in [7, 11) is 0. The largest absolute Gasteiger partial charge is 0.493 e. The van der Waals surface area contributed by atoms with E-state index in [1.165, 1.54) is 12.1 Å². The average Bonchev–Trinajstić information content (AvgIpc) is 3.37. The summed E-state index contributed by atoms with van der Waals surface area (Å²) in [5.74, 6) is -2.66. The normalized spacial score (nSPS) is 29.4. The fraction of sp³-hybridized carbons (Fsp3) is 0.400. The molecule has 0 aromatic heterocycles. The second-order valence-corrected chi connectivity index (χ2v) is 10.2. The fourth-order valence-electron chi connectivity index (χ4n) is 5.86. The number of hydrogen-bond acceptors (Lipinski definition) is 5. The van der Waals surface area contributed by atoms with E-state index in [1.807, 2.05) is 12.1 Å². The second-order valence-electron chi connectivity index (χ2n) is 9.31. The lowest BCUT2D eigenvalue weighted by Gasteiger charge is -2.31. The average molecular weight is 549 g/mol. The van der Waals surface area contributed by atoms with Crippen LogP contribution in [0.3, 0.4) is 0 Å². The van der Waals surface area contributed by atoms with Crippen molar-refractivity contribution in [2.45, 2.75) is 43.6 Å². The molecule has 2 bridgehead atoms. The van der Waals surface area contributed by atoms with Gasteiger partial charge < -0.3 is 9.47 Å². The first-order valence-electron chi connectivity index (χ1n) is 11.1. The molecule has 6 nitrogen and oxygen atoms in total. The van der Waals surface area contributed by atoms with Crippen LogP contribution in [-0.4, -0.2) is 29.6 Å². The number of imide groups is 1. The Kier molecular flexibility index (Phi) is 5.49. The van der Waals surface area contributed by atoms with Gasteiger partial charge in [-0.3, -0.25) is 9.59 Å². The van der Waals surface area contributed by atoms with Crippen molar-refractivity contribution in [3.63, 3.8) is 0 Å². The van der Waals surface area contributed by atoms with Crippen LogP contribution in [0.2, 0.25) is 0 Å². The summed E-state index contributed by atoms with van der Waals surface area (Å²) >= 11 is 3.38. The highest BCUT2D eigenvalue weighted by Crippen LogP contribution is 2.62.